The Balaban J connectivity index is 1.81. The van der Waals surface area contributed by atoms with Gasteiger partial charge in [0, 0.05) is 18.5 Å². The first-order chi connectivity index (χ1) is 13.1. The molecule has 0 fully saturated rings. The van der Waals surface area contributed by atoms with Crippen LogP contribution < -0.4 is 5.32 Å². The quantitative estimate of drug-likeness (QED) is 0.732. The van der Waals surface area contributed by atoms with E-state index in [0.717, 1.165) is 22.4 Å². The number of hydrogen-bond acceptors (Lipinski definition) is 5. The minimum Gasteiger partial charge on any atom is -0.463 e. The van der Waals surface area contributed by atoms with E-state index < -0.39 is 0 Å². The van der Waals surface area contributed by atoms with Crippen LogP contribution in [0, 0.1) is 11.3 Å². The summed E-state index contributed by atoms with van der Waals surface area (Å²) in [7, 11) is 0. The molecule has 27 heavy (non-hydrogen) atoms. The second-order valence-corrected chi connectivity index (χ2v) is 7.29. The van der Waals surface area contributed by atoms with Crippen molar-refractivity contribution in [2.45, 2.75) is 39.0 Å². The largest absolute Gasteiger partial charge is 0.463 e. The zero-order valence-electron chi connectivity index (χ0n) is 15.5. The normalized spacial score (nSPS) is 15.0. The van der Waals surface area contributed by atoms with Crippen molar-refractivity contribution in [3.63, 3.8) is 0 Å². The number of aromatic nitrogens is 1. The van der Waals surface area contributed by atoms with Crippen LogP contribution in [0.25, 0.3) is 11.5 Å². The standard InChI is InChI=1S/C22H21N3O2/c1-22(2)11-16-17(12-23)21(24-13-15-7-4-3-5-8-15)25-20(18(16)14-27-22)19-9-6-10-26-19/h3-10H,11,13-14H2,1-2H3,(H,24,25). The minimum absolute atomic E-state index is 0.322. The monoisotopic (exact) mass is 359 g/mol. The lowest BCUT2D eigenvalue weighted by Crippen LogP contribution is -2.33. The number of pyridine rings is 1. The molecule has 0 atom stereocenters. The van der Waals surface area contributed by atoms with Gasteiger partial charge >= 0.3 is 0 Å². The summed E-state index contributed by atoms with van der Waals surface area (Å²) in [5.41, 5.74) is 4.06. The maximum absolute atomic E-state index is 9.87. The van der Waals surface area contributed by atoms with Gasteiger partial charge in [-0.2, -0.15) is 5.26 Å². The predicted octanol–water partition coefficient (Wildman–Crippen LogP) is 4.68. The highest BCUT2D eigenvalue weighted by atomic mass is 16.5. The third-order valence-electron chi connectivity index (χ3n) is 4.79. The summed E-state index contributed by atoms with van der Waals surface area (Å²) in [6.07, 6.45) is 2.29. The van der Waals surface area contributed by atoms with E-state index in [9.17, 15) is 5.26 Å². The number of ether oxygens (including phenoxy) is 1. The van der Waals surface area contributed by atoms with Crippen LogP contribution in [0.3, 0.4) is 0 Å². The van der Waals surface area contributed by atoms with Gasteiger partial charge in [0.05, 0.1) is 24.0 Å². The molecule has 136 valence electrons. The van der Waals surface area contributed by atoms with Crippen molar-refractivity contribution in [2.24, 2.45) is 0 Å². The van der Waals surface area contributed by atoms with Gasteiger partial charge in [0.15, 0.2) is 5.76 Å². The van der Waals surface area contributed by atoms with Crippen molar-refractivity contribution in [3.8, 4) is 17.5 Å². The molecule has 0 radical (unpaired) electrons. The van der Waals surface area contributed by atoms with Gasteiger partial charge in [-0.15, -0.1) is 0 Å². The summed E-state index contributed by atoms with van der Waals surface area (Å²) >= 11 is 0. The molecule has 2 aromatic heterocycles. The molecule has 1 aromatic carbocycles. The molecule has 0 saturated heterocycles. The van der Waals surface area contributed by atoms with Crippen LogP contribution in [0.5, 0.6) is 0 Å². The second-order valence-electron chi connectivity index (χ2n) is 7.29. The van der Waals surface area contributed by atoms with E-state index in [2.05, 4.69) is 11.4 Å². The average molecular weight is 359 g/mol. The summed E-state index contributed by atoms with van der Waals surface area (Å²) in [5, 5.41) is 13.2. The van der Waals surface area contributed by atoms with Gasteiger partial charge in [-0.05, 0) is 37.1 Å². The van der Waals surface area contributed by atoms with Crippen LogP contribution in [0.4, 0.5) is 5.82 Å². The number of nitrogens with zero attached hydrogens (tertiary/aromatic N) is 2. The molecule has 0 unspecified atom stereocenters. The fourth-order valence-corrected chi connectivity index (χ4v) is 3.41. The Hall–Kier alpha value is -3.10. The Labute approximate surface area is 158 Å². The molecular weight excluding hydrogens is 338 g/mol. The Kier molecular flexibility index (Phi) is 4.43. The van der Waals surface area contributed by atoms with E-state index in [1.165, 1.54) is 0 Å². The van der Waals surface area contributed by atoms with Gasteiger partial charge in [-0.1, -0.05) is 30.3 Å². The number of nitriles is 1. The number of fused-ring (bicyclic) bond motifs is 1. The molecule has 0 amide bonds. The van der Waals surface area contributed by atoms with Crippen molar-refractivity contribution >= 4 is 5.82 Å². The number of hydrogen-bond donors (Lipinski definition) is 1. The van der Waals surface area contributed by atoms with E-state index in [-0.39, 0.29) is 5.60 Å². The molecule has 3 aromatic rings. The molecule has 1 N–H and O–H groups in total. The lowest BCUT2D eigenvalue weighted by atomic mass is 9.87. The highest BCUT2D eigenvalue weighted by Crippen LogP contribution is 2.38. The van der Waals surface area contributed by atoms with E-state index in [0.29, 0.717) is 36.7 Å². The summed E-state index contributed by atoms with van der Waals surface area (Å²) in [6, 6.07) is 16.1. The third-order valence-corrected chi connectivity index (χ3v) is 4.79. The van der Waals surface area contributed by atoms with E-state index in [4.69, 9.17) is 14.1 Å². The maximum atomic E-state index is 9.87. The number of benzene rings is 1. The molecular formula is C22H21N3O2. The third kappa shape index (κ3) is 3.44. The van der Waals surface area contributed by atoms with Gasteiger partial charge in [0.25, 0.3) is 0 Å². The highest BCUT2D eigenvalue weighted by Gasteiger charge is 2.32. The molecule has 1 aliphatic rings. The first-order valence-electron chi connectivity index (χ1n) is 8.99. The van der Waals surface area contributed by atoms with Crippen molar-refractivity contribution in [1.29, 1.82) is 5.26 Å². The zero-order valence-corrected chi connectivity index (χ0v) is 15.5. The average Bonchev–Trinajstić information content (AvgIpc) is 3.20. The summed E-state index contributed by atoms with van der Waals surface area (Å²) < 4.78 is 11.6. The van der Waals surface area contributed by atoms with Gasteiger partial charge in [0.2, 0.25) is 0 Å². The van der Waals surface area contributed by atoms with Crippen LogP contribution in [-0.4, -0.2) is 10.6 Å². The first-order valence-corrected chi connectivity index (χ1v) is 8.99. The number of anilines is 1. The van der Waals surface area contributed by atoms with Gasteiger partial charge in [0.1, 0.15) is 17.6 Å². The van der Waals surface area contributed by atoms with Crippen LogP contribution in [0.2, 0.25) is 0 Å². The fraction of sp³-hybridized carbons (Fsp3) is 0.273. The van der Waals surface area contributed by atoms with E-state index in [1.807, 2.05) is 56.3 Å². The van der Waals surface area contributed by atoms with Crippen molar-refractivity contribution in [3.05, 3.63) is 71.0 Å². The molecule has 5 heteroatoms. The summed E-state index contributed by atoms with van der Waals surface area (Å²) in [5.74, 6) is 1.27. The van der Waals surface area contributed by atoms with Gasteiger partial charge in [-0.3, -0.25) is 0 Å². The highest BCUT2D eigenvalue weighted by molar-refractivity contribution is 5.69. The van der Waals surface area contributed by atoms with Gasteiger partial charge < -0.3 is 14.5 Å². The Morgan fingerprint density at radius 3 is 2.67 bits per heavy atom. The summed E-state index contributed by atoms with van der Waals surface area (Å²) in [6.45, 7) is 5.10. The molecule has 1 aliphatic heterocycles. The molecule has 0 bridgehead atoms. The molecule has 0 spiro atoms. The molecule has 5 nitrogen and oxygen atoms in total. The number of rotatable bonds is 4. The minimum atomic E-state index is -0.322. The SMILES string of the molecule is CC1(C)Cc2c(C#N)c(NCc3ccccc3)nc(-c3ccco3)c2CO1. The van der Waals surface area contributed by atoms with Crippen LogP contribution in [0.1, 0.15) is 36.1 Å². The van der Waals surface area contributed by atoms with E-state index in [1.54, 1.807) is 6.26 Å². The fourth-order valence-electron chi connectivity index (χ4n) is 3.41. The van der Waals surface area contributed by atoms with E-state index >= 15 is 0 Å². The zero-order chi connectivity index (χ0) is 18.9. The number of furan rings is 1. The van der Waals surface area contributed by atoms with Gasteiger partial charge in [-0.25, -0.2) is 4.98 Å². The Bertz CT molecular complexity index is 987. The Morgan fingerprint density at radius 1 is 1.15 bits per heavy atom. The molecule has 0 aliphatic carbocycles. The van der Waals surface area contributed by atoms with Crippen molar-refractivity contribution in [2.75, 3.05) is 5.32 Å². The number of nitrogens with one attached hydrogen (secondary N) is 1. The van der Waals surface area contributed by atoms with Crippen LogP contribution >= 0.6 is 0 Å². The lowest BCUT2D eigenvalue weighted by molar-refractivity contribution is -0.0400. The lowest BCUT2D eigenvalue weighted by Gasteiger charge is -2.33. The Morgan fingerprint density at radius 2 is 1.96 bits per heavy atom. The maximum Gasteiger partial charge on any atom is 0.152 e. The molecule has 0 saturated carbocycles. The topological polar surface area (TPSA) is 71.1 Å². The van der Waals surface area contributed by atoms with Crippen molar-refractivity contribution < 1.29 is 9.15 Å². The second kappa shape index (κ2) is 6.90. The first kappa shape index (κ1) is 17.3. The molecule has 4 rings (SSSR count). The predicted molar refractivity (Wildman–Crippen MR) is 103 cm³/mol. The van der Waals surface area contributed by atoms with Crippen LogP contribution in [0.15, 0.2) is 53.1 Å². The molecule has 3 heterocycles. The van der Waals surface area contributed by atoms with Crippen LogP contribution in [-0.2, 0) is 24.3 Å². The van der Waals surface area contributed by atoms with Crippen molar-refractivity contribution in [1.82, 2.24) is 4.98 Å². The summed E-state index contributed by atoms with van der Waals surface area (Å²) in [4.78, 5) is 4.75. The smallest absolute Gasteiger partial charge is 0.152 e.